The fraction of sp³-hybridized carbons (Fsp3) is 0.118. The van der Waals surface area contributed by atoms with Crippen LogP contribution in [0.5, 0.6) is 0 Å². The van der Waals surface area contributed by atoms with Crippen LogP contribution in [0.3, 0.4) is 0 Å². The molecule has 0 aromatic heterocycles. The standard InChI is InChI=1S/C17H15BrO2/c1-2-20-17(19)15-10-11-16(18)14(12-15)9-8-13-6-4-3-5-7-13/h3-12H,2H2,1H3/b9-8-. The van der Waals surface area contributed by atoms with Crippen LogP contribution < -0.4 is 0 Å². The molecule has 0 unspecified atom stereocenters. The van der Waals surface area contributed by atoms with Gasteiger partial charge in [-0.1, -0.05) is 58.4 Å². The Morgan fingerprint density at radius 1 is 1.15 bits per heavy atom. The average Bonchev–Trinajstić information content (AvgIpc) is 2.47. The number of ether oxygens (including phenoxy) is 1. The van der Waals surface area contributed by atoms with E-state index in [1.165, 1.54) is 0 Å². The van der Waals surface area contributed by atoms with Gasteiger partial charge < -0.3 is 4.74 Å². The van der Waals surface area contributed by atoms with Crippen LogP contribution in [0.2, 0.25) is 0 Å². The number of rotatable bonds is 4. The van der Waals surface area contributed by atoms with E-state index in [2.05, 4.69) is 15.9 Å². The van der Waals surface area contributed by atoms with Gasteiger partial charge in [0.2, 0.25) is 0 Å². The predicted molar refractivity (Wildman–Crippen MR) is 85.5 cm³/mol. The summed E-state index contributed by atoms with van der Waals surface area (Å²) in [5.41, 5.74) is 2.61. The molecule has 0 atom stereocenters. The molecule has 0 fully saturated rings. The van der Waals surface area contributed by atoms with E-state index < -0.39 is 0 Å². The quantitative estimate of drug-likeness (QED) is 0.594. The fourth-order valence-electron chi connectivity index (χ4n) is 1.76. The molecule has 2 aromatic carbocycles. The van der Waals surface area contributed by atoms with E-state index in [1.807, 2.05) is 54.6 Å². The lowest BCUT2D eigenvalue weighted by molar-refractivity contribution is 0.0526. The molecule has 0 N–H and O–H groups in total. The third kappa shape index (κ3) is 3.81. The molecule has 2 nitrogen and oxygen atoms in total. The van der Waals surface area contributed by atoms with Crippen LogP contribution in [0.25, 0.3) is 12.2 Å². The van der Waals surface area contributed by atoms with Gasteiger partial charge in [-0.2, -0.15) is 0 Å². The first kappa shape index (κ1) is 14.5. The summed E-state index contributed by atoms with van der Waals surface area (Å²) in [5, 5.41) is 0. The molecule has 0 radical (unpaired) electrons. The van der Waals surface area contributed by atoms with Crippen molar-refractivity contribution in [3.05, 3.63) is 69.7 Å². The topological polar surface area (TPSA) is 26.3 Å². The van der Waals surface area contributed by atoms with Gasteiger partial charge in [-0.25, -0.2) is 4.79 Å². The maximum absolute atomic E-state index is 11.7. The van der Waals surface area contributed by atoms with Gasteiger partial charge in [0.1, 0.15) is 0 Å². The van der Waals surface area contributed by atoms with Gasteiger partial charge in [-0.15, -0.1) is 0 Å². The second-order valence-corrected chi connectivity index (χ2v) is 5.06. The summed E-state index contributed by atoms with van der Waals surface area (Å²) in [6, 6.07) is 15.4. The maximum atomic E-state index is 11.7. The summed E-state index contributed by atoms with van der Waals surface area (Å²) in [6.07, 6.45) is 3.98. The highest BCUT2D eigenvalue weighted by atomic mass is 79.9. The molecule has 0 heterocycles. The van der Waals surface area contributed by atoms with Crippen LogP contribution in [0.15, 0.2) is 53.0 Å². The highest BCUT2D eigenvalue weighted by molar-refractivity contribution is 9.10. The molecule has 0 amide bonds. The smallest absolute Gasteiger partial charge is 0.338 e. The minimum absolute atomic E-state index is 0.297. The molecule has 0 aliphatic heterocycles. The molecule has 0 spiro atoms. The number of hydrogen-bond acceptors (Lipinski definition) is 2. The van der Waals surface area contributed by atoms with Gasteiger partial charge >= 0.3 is 5.97 Å². The van der Waals surface area contributed by atoms with Gasteiger partial charge in [0.15, 0.2) is 0 Å². The van der Waals surface area contributed by atoms with Crippen LogP contribution in [-0.4, -0.2) is 12.6 Å². The number of esters is 1. The van der Waals surface area contributed by atoms with E-state index >= 15 is 0 Å². The second-order valence-electron chi connectivity index (χ2n) is 4.20. The Labute approximate surface area is 127 Å². The third-order valence-electron chi connectivity index (χ3n) is 2.76. The number of halogens is 1. The molecule has 102 valence electrons. The highest BCUT2D eigenvalue weighted by Gasteiger charge is 2.07. The summed E-state index contributed by atoms with van der Waals surface area (Å²) >= 11 is 3.49. The minimum atomic E-state index is -0.297. The molecule has 2 rings (SSSR count). The molecular formula is C17H15BrO2. The van der Waals surface area contributed by atoms with Gasteiger partial charge in [-0.3, -0.25) is 0 Å². The molecule has 0 bridgehead atoms. The zero-order valence-corrected chi connectivity index (χ0v) is 12.8. The SMILES string of the molecule is CCOC(=O)c1ccc(Br)c(/C=C\c2ccccc2)c1. The van der Waals surface area contributed by atoms with Gasteiger partial charge in [0.05, 0.1) is 12.2 Å². The van der Waals surface area contributed by atoms with E-state index in [-0.39, 0.29) is 5.97 Å². The zero-order valence-electron chi connectivity index (χ0n) is 11.2. The number of carbonyl (C=O) groups excluding carboxylic acids is 1. The molecular weight excluding hydrogens is 316 g/mol. The largest absolute Gasteiger partial charge is 0.462 e. The molecule has 0 saturated heterocycles. The van der Waals surface area contributed by atoms with Crippen LogP contribution in [-0.2, 0) is 4.74 Å². The van der Waals surface area contributed by atoms with Crippen molar-refractivity contribution in [2.75, 3.05) is 6.61 Å². The van der Waals surface area contributed by atoms with E-state index in [9.17, 15) is 4.79 Å². The summed E-state index contributed by atoms with van der Waals surface area (Å²) in [4.78, 5) is 11.7. The lowest BCUT2D eigenvalue weighted by atomic mass is 10.1. The number of benzene rings is 2. The van der Waals surface area contributed by atoms with Gasteiger partial charge in [-0.05, 0) is 36.2 Å². The third-order valence-corrected chi connectivity index (χ3v) is 3.48. The molecule has 0 saturated carbocycles. The van der Waals surface area contributed by atoms with E-state index in [1.54, 1.807) is 13.0 Å². The Kier molecular flexibility index (Phi) is 5.13. The van der Waals surface area contributed by atoms with Crippen LogP contribution in [0.4, 0.5) is 0 Å². The Bertz CT molecular complexity index is 618. The van der Waals surface area contributed by atoms with E-state index in [0.29, 0.717) is 12.2 Å². The predicted octanol–water partition coefficient (Wildman–Crippen LogP) is 4.80. The van der Waals surface area contributed by atoms with Crippen molar-refractivity contribution in [2.45, 2.75) is 6.92 Å². The van der Waals surface area contributed by atoms with Crippen LogP contribution in [0.1, 0.15) is 28.4 Å². The summed E-state index contributed by atoms with van der Waals surface area (Å²) in [6.45, 7) is 2.18. The van der Waals surface area contributed by atoms with E-state index in [4.69, 9.17) is 4.74 Å². The monoisotopic (exact) mass is 330 g/mol. The lowest BCUT2D eigenvalue weighted by Gasteiger charge is -2.04. The zero-order chi connectivity index (χ0) is 14.4. The molecule has 3 heteroatoms. The van der Waals surface area contributed by atoms with Gasteiger partial charge in [0.25, 0.3) is 0 Å². The lowest BCUT2D eigenvalue weighted by Crippen LogP contribution is -2.04. The Morgan fingerprint density at radius 2 is 1.90 bits per heavy atom. The van der Waals surface area contributed by atoms with Crippen molar-refractivity contribution in [3.63, 3.8) is 0 Å². The summed E-state index contributed by atoms with van der Waals surface area (Å²) < 4.78 is 5.95. The number of hydrogen-bond donors (Lipinski definition) is 0. The minimum Gasteiger partial charge on any atom is -0.462 e. The first-order chi connectivity index (χ1) is 9.70. The van der Waals surface area contributed by atoms with Crippen molar-refractivity contribution in [1.29, 1.82) is 0 Å². The molecule has 0 aliphatic rings. The van der Waals surface area contributed by atoms with E-state index in [0.717, 1.165) is 15.6 Å². The Morgan fingerprint density at radius 3 is 2.60 bits per heavy atom. The Balaban J connectivity index is 2.25. The van der Waals surface area contributed by atoms with Crippen molar-refractivity contribution >= 4 is 34.1 Å². The van der Waals surface area contributed by atoms with Crippen molar-refractivity contribution < 1.29 is 9.53 Å². The van der Waals surface area contributed by atoms with Crippen molar-refractivity contribution in [3.8, 4) is 0 Å². The second kappa shape index (κ2) is 7.06. The van der Waals surface area contributed by atoms with Crippen LogP contribution >= 0.6 is 15.9 Å². The Hall–Kier alpha value is -1.87. The normalized spacial score (nSPS) is 10.7. The maximum Gasteiger partial charge on any atom is 0.338 e. The summed E-state index contributed by atoms with van der Waals surface area (Å²) in [7, 11) is 0. The van der Waals surface area contributed by atoms with Crippen molar-refractivity contribution in [1.82, 2.24) is 0 Å². The fourth-order valence-corrected chi connectivity index (χ4v) is 2.14. The molecule has 20 heavy (non-hydrogen) atoms. The average molecular weight is 331 g/mol. The number of carbonyl (C=O) groups is 1. The molecule has 2 aromatic rings. The van der Waals surface area contributed by atoms with Gasteiger partial charge in [0, 0.05) is 4.47 Å². The molecule has 0 aliphatic carbocycles. The highest BCUT2D eigenvalue weighted by Crippen LogP contribution is 2.21. The first-order valence-corrected chi connectivity index (χ1v) is 7.20. The summed E-state index contributed by atoms with van der Waals surface area (Å²) in [5.74, 6) is -0.297. The van der Waals surface area contributed by atoms with Crippen molar-refractivity contribution in [2.24, 2.45) is 0 Å². The van der Waals surface area contributed by atoms with Crippen LogP contribution in [0, 0.1) is 0 Å². The first-order valence-electron chi connectivity index (χ1n) is 6.40.